The van der Waals surface area contributed by atoms with E-state index in [0.29, 0.717) is 12.5 Å². The number of halogens is 3. The first-order chi connectivity index (χ1) is 10.4. The minimum absolute atomic E-state index is 0.0130. The largest absolute Gasteiger partial charge is 0.573 e. The van der Waals surface area contributed by atoms with Crippen LogP contribution in [0.5, 0.6) is 5.75 Å². The van der Waals surface area contributed by atoms with Crippen molar-refractivity contribution in [3.05, 3.63) is 24.3 Å². The number of hydrogen-bond donors (Lipinski definition) is 2. The van der Waals surface area contributed by atoms with Crippen molar-refractivity contribution in [1.29, 1.82) is 0 Å². The standard InChI is InChI=1S/C15H19F3N2O2/c16-15(17,18)22-13-9-5-4-8-12(13)20-14(21)19-10-11-6-2-1-3-7-11/h4-5,8-9,11H,1-3,6-7,10H2,(H2,19,20,21). The molecular formula is C15H19F3N2O2. The Morgan fingerprint density at radius 3 is 2.55 bits per heavy atom. The fourth-order valence-electron chi connectivity index (χ4n) is 2.58. The molecule has 2 N–H and O–H groups in total. The number of carbonyl (C=O) groups is 1. The van der Waals surface area contributed by atoms with E-state index >= 15 is 0 Å². The van der Waals surface area contributed by atoms with E-state index in [2.05, 4.69) is 15.4 Å². The molecular weight excluding hydrogens is 297 g/mol. The number of para-hydroxylation sites is 2. The lowest BCUT2D eigenvalue weighted by Crippen LogP contribution is -2.34. The predicted molar refractivity (Wildman–Crippen MR) is 76.7 cm³/mol. The van der Waals surface area contributed by atoms with Gasteiger partial charge in [0.25, 0.3) is 0 Å². The van der Waals surface area contributed by atoms with E-state index in [1.807, 2.05) is 0 Å². The van der Waals surface area contributed by atoms with Gasteiger partial charge in [0, 0.05) is 6.54 Å². The lowest BCUT2D eigenvalue weighted by atomic mass is 9.89. The van der Waals surface area contributed by atoms with Gasteiger partial charge in [-0.05, 0) is 30.9 Å². The summed E-state index contributed by atoms with van der Waals surface area (Å²) in [5.41, 5.74) is -0.0130. The number of ether oxygens (including phenoxy) is 1. The molecule has 0 radical (unpaired) electrons. The van der Waals surface area contributed by atoms with E-state index in [9.17, 15) is 18.0 Å². The van der Waals surface area contributed by atoms with E-state index in [-0.39, 0.29) is 5.69 Å². The monoisotopic (exact) mass is 316 g/mol. The smallest absolute Gasteiger partial charge is 0.404 e. The normalized spacial score (nSPS) is 16.1. The maximum Gasteiger partial charge on any atom is 0.573 e. The summed E-state index contributed by atoms with van der Waals surface area (Å²) in [4.78, 5) is 11.8. The highest BCUT2D eigenvalue weighted by molar-refractivity contribution is 5.90. The Kier molecular flexibility index (Phi) is 5.51. The van der Waals surface area contributed by atoms with Gasteiger partial charge in [0.1, 0.15) is 0 Å². The predicted octanol–water partition coefficient (Wildman–Crippen LogP) is 4.29. The summed E-state index contributed by atoms with van der Waals surface area (Å²) in [6, 6.07) is 4.93. The number of urea groups is 1. The first-order valence-electron chi connectivity index (χ1n) is 7.33. The van der Waals surface area contributed by atoms with Crippen LogP contribution in [0.3, 0.4) is 0 Å². The van der Waals surface area contributed by atoms with Crippen LogP contribution in [0.25, 0.3) is 0 Å². The van der Waals surface area contributed by atoms with Gasteiger partial charge in [0.2, 0.25) is 0 Å². The summed E-state index contributed by atoms with van der Waals surface area (Å²) in [5, 5.41) is 5.10. The van der Waals surface area contributed by atoms with Crippen LogP contribution in [0.15, 0.2) is 24.3 Å². The number of hydrogen-bond acceptors (Lipinski definition) is 2. The number of amides is 2. The quantitative estimate of drug-likeness (QED) is 0.870. The molecule has 0 heterocycles. The Morgan fingerprint density at radius 2 is 1.86 bits per heavy atom. The van der Waals surface area contributed by atoms with Crippen LogP contribution in [-0.2, 0) is 0 Å². The summed E-state index contributed by atoms with van der Waals surface area (Å²) in [5.74, 6) is 0.0176. The summed E-state index contributed by atoms with van der Waals surface area (Å²) in [7, 11) is 0. The molecule has 0 spiro atoms. The van der Waals surface area contributed by atoms with Crippen molar-refractivity contribution < 1.29 is 22.7 Å². The van der Waals surface area contributed by atoms with Crippen molar-refractivity contribution in [3.8, 4) is 5.75 Å². The van der Waals surface area contributed by atoms with Crippen LogP contribution in [0, 0.1) is 5.92 Å². The Balaban J connectivity index is 1.88. The molecule has 1 aliphatic carbocycles. The number of benzene rings is 1. The fraction of sp³-hybridized carbons (Fsp3) is 0.533. The van der Waals surface area contributed by atoms with Crippen LogP contribution < -0.4 is 15.4 Å². The zero-order valence-corrected chi connectivity index (χ0v) is 12.1. The lowest BCUT2D eigenvalue weighted by molar-refractivity contribution is -0.274. The molecule has 122 valence electrons. The number of alkyl halides is 3. The molecule has 22 heavy (non-hydrogen) atoms. The average molecular weight is 316 g/mol. The van der Waals surface area contributed by atoms with Crippen LogP contribution in [-0.4, -0.2) is 18.9 Å². The van der Waals surface area contributed by atoms with E-state index in [4.69, 9.17) is 0 Å². The number of rotatable bonds is 4. The maximum absolute atomic E-state index is 12.3. The second-order valence-electron chi connectivity index (χ2n) is 5.38. The third-order valence-electron chi connectivity index (χ3n) is 3.64. The Labute approximate surface area is 127 Å². The van der Waals surface area contributed by atoms with Gasteiger partial charge >= 0.3 is 12.4 Å². The van der Waals surface area contributed by atoms with Crippen molar-refractivity contribution in [2.75, 3.05) is 11.9 Å². The zero-order chi connectivity index (χ0) is 16.0. The fourth-order valence-corrected chi connectivity index (χ4v) is 2.58. The molecule has 0 bridgehead atoms. The number of anilines is 1. The second-order valence-corrected chi connectivity index (χ2v) is 5.38. The van der Waals surface area contributed by atoms with Gasteiger partial charge in [-0.1, -0.05) is 31.4 Å². The van der Waals surface area contributed by atoms with Crippen molar-refractivity contribution in [2.45, 2.75) is 38.5 Å². The zero-order valence-electron chi connectivity index (χ0n) is 12.1. The topological polar surface area (TPSA) is 50.4 Å². The van der Waals surface area contributed by atoms with Gasteiger partial charge in [-0.15, -0.1) is 13.2 Å². The number of nitrogens with one attached hydrogen (secondary N) is 2. The summed E-state index contributed by atoms with van der Waals surface area (Å²) in [6.45, 7) is 0.536. The first-order valence-corrected chi connectivity index (χ1v) is 7.33. The second kappa shape index (κ2) is 7.38. The number of carbonyl (C=O) groups excluding carboxylic acids is 1. The maximum atomic E-state index is 12.3. The molecule has 1 aromatic carbocycles. The first kappa shape index (κ1) is 16.5. The molecule has 7 heteroatoms. The van der Waals surface area contributed by atoms with E-state index in [1.165, 1.54) is 24.6 Å². The highest BCUT2D eigenvalue weighted by Crippen LogP contribution is 2.29. The SMILES string of the molecule is O=C(NCC1CCCCC1)Nc1ccccc1OC(F)(F)F. The van der Waals surface area contributed by atoms with Crippen LogP contribution in [0.4, 0.5) is 23.7 Å². The van der Waals surface area contributed by atoms with Crippen LogP contribution in [0.1, 0.15) is 32.1 Å². The highest BCUT2D eigenvalue weighted by atomic mass is 19.4. The molecule has 1 saturated carbocycles. The average Bonchev–Trinajstić information content (AvgIpc) is 2.47. The van der Waals surface area contributed by atoms with Crippen molar-refractivity contribution in [3.63, 3.8) is 0 Å². The van der Waals surface area contributed by atoms with E-state index in [0.717, 1.165) is 31.7 Å². The summed E-state index contributed by atoms with van der Waals surface area (Å²) in [6.07, 6.45) is 0.912. The lowest BCUT2D eigenvalue weighted by Gasteiger charge is -2.22. The Hall–Kier alpha value is -1.92. The van der Waals surface area contributed by atoms with Gasteiger partial charge in [0.05, 0.1) is 5.69 Å². The third kappa shape index (κ3) is 5.46. The minimum Gasteiger partial charge on any atom is -0.404 e. The van der Waals surface area contributed by atoms with Crippen molar-refractivity contribution in [1.82, 2.24) is 5.32 Å². The molecule has 2 rings (SSSR count). The molecule has 0 saturated heterocycles. The summed E-state index contributed by atoms with van der Waals surface area (Å²) >= 11 is 0. The van der Waals surface area contributed by atoms with Gasteiger partial charge in [-0.25, -0.2) is 4.79 Å². The minimum atomic E-state index is -4.80. The van der Waals surface area contributed by atoms with E-state index < -0.39 is 18.1 Å². The van der Waals surface area contributed by atoms with Gasteiger partial charge in [-0.2, -0.15) is 0 Å². The molecule has 4 nitrogen and oxygen atoms in total. The van der Waals surface area contributed by atoms with Gasteiger partial charge < -0.3 is 15.4 Å². The molecule has 1 aliphatic rings. The third-order valence-corrected chi connectivity index (χ3v) is 3.64. The van der Waals surface area contributed by atoms with Crippen LogP contribution >= 0.6 is 0 Å². The Bertz CT molecular complexity index is 500. The van der Waals surface area contributed by atoms with Gasteiger partial charge in [-0.3, -0.25) is 0 Å². The molecule has 2 amide bonds. The van der Waals surface area contributed by atoms with Gasteiger partial charge in [0.15, 0.2) is 5.75 Å². The molecule has 0 aromatic heterocycles. The van der Waals surface area contributed by atoms with E-state index in [1.54, 1.807) is 0 Å². The molecule has 0 unspecified atom stereocenters. The van der Waals surface area contributed by atoms with Crippen molar-refractivity contribution in [2.24, 2.45) is 5.92 Å². The summed E-state index contributed by atoms with van der Waals surface area (Å²) < 4.78 is 40.8. The highest BCUT2D eigenvalue weighted by Gasteiger charge is 2.32. The molecule has 1 fully saturated rings. The molecule has 1 aromatic rings. The molecule has 0 aliphatic heterocycles. The van der Waals surface area contributed by atoms with Crippen LogP contribution in [0.2, 0.25) is 0 Å². The molecule has 0 atom stereocenters. The van der Waals surface area contributed by atoms with Crippen molar-refractivity contribution >= 4 is 11.7 Å². The Morgan fingerprint density at radius 1 is 1.18 bits per heavy atom.